The quantitative estimate of drug-likeness (QED) is 0.713. The molecule has 0 bridgehead atoms. The van der Waals surface area contributed by atoms with E-state index >= 15 is 0 Å². The number of thiol groups is 1. The van der Waals surface area contributed by atoms with Crippen LogP contribution in [0.4, 0.5) is 0 Å². The maximum atomic E-state index is 5.43. The highest BCUT2D eigenvalue weighted by atomic mass is 32.1. The van der Waals surface area contributed by atoms with Gasteiger partial charge in [-0.1, -0.05) is 6.92 Å². The molecule has 0 saturated heterocycles. The molecule has 2 heteroatoms. The first-order valence-electron chi connectivity index (χ1n) is 4.30. The molecule has 1 atom stereocenters. The van der Waals surface area contributed by atoms with Gasteiger partial charge in [0, 0.05) is 0 Å². The van der Waals surface area contributed by atoms with Crippen LogP contribution in [0.5, 0.6) is 0 Å². The van der Waals surface area contributed by atoms with Gasteiger partial charge in [-0.2, -0.15) is 12.6 Å². The highest BCUT2D eigenvalue weighted by Crippen LogP contribution is 2.17. The highest BCUT2D eigenvalue weighted by Gasteiger charge is 2.07. The monoisotopic (exact) mass is 184 g/mol. The van der Waals surface area contributed by atoms with Crippen molar-refractivity contribution < 1.29 is 4.42 Å². The normalized spacial score (nSPS) is 13.3. The van der Waals surface area contributed by atoms with Gasteiger partial charge in [-0.15, -0.1) is 0 Å². The van der Waals surface area contributed by atoms with Crippen LogP contribution in [-0.4, -0.2) is 5.75 Å². The Morgan fingerprint density at radius 3 is 2.58 bits per heavy atom. The Labute approximate surface area is 79.6 Å². The predicted octanol–water partition coefficient (Wildman–Crippen LogP) is 3.00. The van der Waals surface area contributed by atoms with E-state index < -0.39 is 0 Å². The molecule has 0 aliphatic rings. The van der Waals surface area contributed by atoms with Gasteiger partial charge in [0.2, 0.25) is 0 Å². The molecule has 0 saturated carbocycles. The second-order valence-electron chi connectivity index (χ2n) is 3.43. The number of hydrogen-bond donors (Lipinski definition) is 1. The van der Waals surface area contributed by atoms with Crippen molar-refractivity contribution in [3.05, 3.63) is 23.2 Å². The van der Waals surface area contributed by atoms with Crippen LogP contribution >= 0.6 is 12.6 Å². The van der Waals surface area contributed by atoms with Crippen molar-refractivity contribution in [2.45, 2.75) is 27.2 Å². The first kappa shape index (κ1) is 9.72. The third-order valence-electron chi connectivity index (χ3n) is 2.02. The average Bonchev–Trinajstić information content (AvgIpc) is 2.30. The Hall–Kier alpha value is -0.370. The fraction of sp³-hybridized carbons (Fsp3) is 0.600. The Morgan fingerprint density at radius 2 is 2.17 bits per heavy atom. The van der Waals surface area contributed by atoms with Gasteiger partial charge in [-0.3, -0.25) is 0 Å². The smallest absolute Gasteiger partial charge is 0.104 e. The van der Waals surface area contributed by atoms with Gasteiger partial charge in [-0.05, 0) is 43.6 Å². The summed E-state index contributed by atoms with van der Waals surface area (Å²) in [4.78, 5) is 0. The summed E-state index contributed by atoms with van der Waals surface area (Å²) in [6.07, 6.45) is 1.08. The average molecular weight is 184 g/mol. The largest absolute Gasteiger partial charge is 0.466 e. The van der Waals surface area contributed by atoms with Gasteiger partial charge in [0.15, 0.2) is 0 Å². The van der Waals surface area contributed by atoms with E-state index in [0.29, 0.717) is 5.92 Å². The fourth-order valence-corrected chi connectivity index (χ4v) is 1.46. The molecule has 1 heterocycles. The number of aryl methyl sites for hydroxylation is 2. The van der Waals surface area contributed by atoms with Crippen molar-refractivity contribution in [1.29, 1.82) is 0 Å². The minimum atomic E-state index is 0.629. The van der Waals surface area contributed by atoms with Crippen LogP contribution < -0.4 is 0 Å². The first-order chi connectivity index (χ1) is 5.63. The standard InChI is InChI=1S/C10H16OS/c1-7(6-12)4-10-5-8(2)11-9(10)3/h5,7,12H,4,6H2,1-3H3. The Bertz CT molecular complexity index is 252. The lowest BCUT2D eigenvalue weighted by atomic mass is 10.0. The van der Waals surface area contributed by atoms with Crippen molar-refractivity contribution >= 4 is 12.6 Å². The van der Waals surface area contributed by atoms with E-state index in [1.165, 1.54) is 5.56 Å². The number of hydrogen-bond acceptors (Lipinski definition) is 2. The zero-order valence-corrected chi connectivity index (χ0v) is 8.82. The zero-order chi connectivity index (χ0) is 9.14. The lowest BCUT2D eigenvalue weighted by molar-refractivity contribution is 0.498. The second-order valence-corrected chi connectivity index (χ2v) is 3.80. The van der Waals surface area contributed by atoms with E-state index in [9.17, 15) is 0 Å². The summed E-state index contributed by atoms with van der Waals surface area (Å²) in [7, 11) is 0. The van der Waals surface area contributed by atoms with Gasteiger partial charge in [0.25, 0.3) is 0 Å². The summed E-state index contributed by atoms with van der Waals surface area (Å²) in [5.41, 5.74) is 1.33. The molecule has 0 aliphatic carbocycles. The van der Waals surface area contributed by atoms with Crippen molar-refractivity contribution in [2.75, 3.05) is 5.75 Å². The molecule has 0 fully saturated rings. The molecule has 0 N–H and O–H groups in total. The van der Waals surface area contributed by atoms with Crippen molar-refractivity contribution in [1.82, 2.24) is 0 Å². The second kappa shape index (κ2) is 4.04. The maximum Gasteiger partial charge on any atom is 0.104 e. The van der Waals surface area contributed by atoms with Crippen LogP contribution in [0, 0.1) is 19.8 Å². The SMILES string of the molecule is Cc1cc(CC(C)CS)c(C)o1. The van der Waals surface area contributed by atoms with Gasteiger partial charge < -0.3 is 4.42 Å². The van der Waals surface area contributed by atoms with E-state index in [2.05, 4.69) is 25.6 Å². The summed E-state index contributed by atoms with van der Waals surface area (Å²) < 4.78 is 5.43. The minimum Gasteiger partial charge on any atom is -0.466 e. The van der Waals surface area contributed by atoms with E-state index in [-0.39, 0.29) is 0 Å². The van der Waals surface area contributed by atoms with Crippen LogP contribution in [0.1, 0.15) is 24.0 Å². The lowest BCUT2D eigenvalue weighted by Crippen LogP contribution is -2.00. The summed E-state index contributed by atoms with van der Waals surface area (Å²) >= 11 is 4.26. The summed E-state index contributed by atoms with van der Waals surface area (Å²) in [6, 6.07) is 2.12. The van der Waals surface area contributed by atoms with E-state index in [1.54, 1.807) is 0 Å². The molecule has 0 radical (unpaired) electrons. The van der Waals surface area contributed by atoms with Crippen LogP contribution in [0.25, 0.3) is 0 Å². The fourth-order valence-electron chi connectivity index (χ4n) is 1.33. The molecule has 1 unspecified atom stereocenters. The molecule has 1 aromatic rings. The summed E-state index contributed by atoms with van der Waals surface area (Å²) in [5.74, 6) is 3.63. The van der Waals surface area contributed by atoms with Crippen LogP contribution in [0.2, 0.25) is 0 Å². The lowest BCUT2D eigenvalue weighted by Gasteiger charge is -2.05. The topological polar surface area (TPSA) is 13.1 Å². The third kappa shape index (κ3) is 2.31. The number of furan rings is 1. The van der Waals surface area contributed by atoms with Gasteiger partial charge in [-0.25, -0.2) is 0 Å². The molecule has 1 rings (SSSR count). The Kier molecular flexibility index (Phi) is 3.27. The molecule has 68 valence electrons. The molecular formula is C10H16OS. The summed E-state index contributed by atoms with van der Waals surface area (Å²) in [6.45, 7) is 6.21. The van der Waals surface area contributed by atoms with Crippen molar-refractivity contribution in [3.63, 3.8) is 0 Å². The van der Waals surface area contributed by atoms with E-state index in [1.807, 2.05) is 13.8 Å². The Morgan fingerprint density at radius 1 is 1.50 bits per heavy atom. The predicted molar refractivity (Wildman–Crippen MR) is 54.9 cm³/mol. The van der Waals surface area contributed by atoms with Gasteiger partial charge in [0.05, 0.1) is 0 Å². The number of rotatable bonds is 3. The zero-order valence-electron chi connectivity index (χ0n) is 7.92. The molecule has 0 spiro atoms. The minimum absolute atomic E-state index is 0.629. The molecular weight excluding hydrogens is 168 g/mol. The molecule has 1 aromatic heterocycles. The van der Waals surface area contributed by atoms with Crippen molar-refractivity contribution in [3.8, 4) is 0 Å². The molecule has 0 aliphatic heterocycles. The molecule has 12 heavy (non-hydrogen) atoms. The van der Waals surface area contributed by atoms with Crippen molar-refractivity contribution in [2.24, 2.45) is 5.92 Å². The van der Waals surface area contributed by atoms with E-state index in [0.717, 1.165) is 23.7 Å². The Balaban J connectivity index is 2.68. The van der Waals surface area contributed by atoms with Crippen LogP contribution in [0.15, 0.2) is 10.5 Å². The van der Waals surface area contributed by atoms with Gasteiger partial charge >= 0.3 is 0 Å². The highest BCUT2D eigenvalue weighted by molar-refractivity contribution is 7.80. The van der Waals surface area contributed by atoms with E-state index in [4.69, 9.17) is 4.42 Å². The maximum absolute atomic E-state index is 5.43. The molecule has 0 aromatic carbocycles. The van der Waals surface area contributed by atoms with Crippen LogP contribution in [-0.2, 0) is 6.42 Å². The summed E-state index contributed by atoms with van der Waals surface area (Å²) in [5, 5.41) is 0. The molecule has 1 nitrogen and oxygen atoms in total. The first-order valence-corrected chi connectivity index (χ1v) is 4.93. The van der Waals surface area contributed by atoms with Gasteiger partial charge in [0.1, 0.15) is 11.5 Å². The third-order valence-corrected chi connectivity index (χ3v) is 2.65. The van der Waals surface area contributed by atoms with Crippen LogP contribution in [0.3, 0.4) is 0 Å². The molecule has 0 amide bonds.